The van der Waals surface area contributed by atoms with Gasteiger partial charge in [-0.15, -0.1) is 0 Å². The molecule has 0 saturated carbocycles. The Bertz CT molecular complexity index is 390. The number of aliphatic hydroxyl groups excluding tert-OH is 1. The van der Waals surface area contributed by atoms with Gasteiger partial charge >= 0.3 is 0 Å². The average molecular weight is 237 g/mol. The largest absolute Gasteiger partial charge is 0.496 e. The molecule has 1 aromatic carbocycles. The van der Waals surface area contributed by atoms with E-state index in [0.717, 1.165) is 5.56 Å². The Morgan fingerprint density at radius 2 is 2.24 bits per heavy atom. The molecule has 0 aromatic heterocycles. The topological polar surface area (TPSA) is 58.6 Å². The Labute approximate surface area is 102 Å². The lowest BCUT2D eigenvalue weighted by molar-refractivity contribution is 0.0942. The molecule has 0 aliphatic rings. The molecule has 0 saturated heterocycles. The highest BCUT2D eigenvalue weighted by molar-refractivity contribution is 5.94. The fourth-order valence-corrected chi connectivity index (χ4v) is 1.39. The van der Waals surface area contributed by atoms with Gasteiger partial charge < -0.3 is 15.2 Å². The lowest BCUT2D eigenvalue weighted by Gasteiger charge is -2.11. The first-order chi connectivity index (χ1) is 8.08. The number of hydrogen-bond donors (Lipinski definition) is 2. The maximum atomic E-state index is 11.8. The first kappa shape index (κ1) is 13.5. The van der Waals surface area contributed by atoms with Gasteiger partial charge in [-0.2, -0.15) is 0 Å². The molecule has 1 unspecified atom stereocenters. The Hall–Kier alpha value is -1.55. The molecule has 0 aliphatic heterocycles. The molecule has 0 bridgehead atoms. The number of ether oxygens (including phenoxy) is 1. The van der Waals surface area contributed by atoms with Crippen LogP contribution in [0.15, 0.2) is 18.2 Å². The lowest BCUT2D eigenvalue weighted by Crippen LogP contribution is -2.29. The minimum atomic E-state index is -0.149. The van der Waals surface area contributed by atoms with Gasteiger partial charge in [-0.05, 0) is 30.5 Å². The SMILES string of the molecule is COc1cc(C(=O)NCC(C)CO)ccc1C. The van der Waals surface area contributed by atoms with E-state index in [0.29, 0.717) is 17.9 Å². The van der Waals surface area contributed by atoms with Crippen LogP contribution >= 0.6 is 0 Å². The summed E-state index contributed by atoms with van der Waals surface area (Å²) in [5.41, 5.74) is 1.56. The van der Waals surface area contributed by atoms with Crippen molar-refractivity contribution in [3.05, 3.63) is 29.3 Å². The molecule has 0 fully saturated rings. The molecule has 1 atom stereocenters. The van der Waals surface area contributed by atoms with E-state index in [4.69, 9.17) is 9.84 Å². The second-order valence-electron chi connectivity index (χ2n) is 4.18. The molecule has 0 radical (unpaired) electrons. The van der Waals surface area contributed by atoms with Crippen LogP contribution in [0.25, 0.3) is 0 Å². The van der Waals surface area contributed by atoms with Crippen molar-refractivity contribution in [1.82, 2.24) is 5.32 Å². The number of aliphatic hydroxyl groups is 1. The summed E-state index contributed by atoms with van der Waals surface area (Å²) < 4.78 is 5.16. The molecule has 17 heavy (non-hydrogen) atoms. The maximum absolute atomic E-state index is 11.8. The van der Waals surface area contributed by atoms with Crippen LogP contribution in [0.5, 0.6) is 5.75 Å². The molecule has 1 amide bonds. The molecular weight excluding hydrogens is 218 g/mol. The van der Waals surface area contributed by atoms with Crippen molar-refractivity contribution in [2.24, 2.45) is 5.92 Å². The zero-order valence-corrected chi connectivity index (χ0v) is 10.5. The van der Waals surface area contributed by atoms with Crippen LogP contribution in [0.3, 0.4) is 0 Å². The number of aryl methyl sites for hydroxylation is 1. The van der Waals surface area contributed by atoms with Crippen LogP contribution in [0.4, 0.5) is 0 Å². The number of carbonyl (C=O) groups is 1. The second-order valence-corrected chi connectivity index (χ2v) is 4.18. The van der Waals surface area contributed by atoms with Crippen molar-refractivity contribution in [3.8, 4) is 5.75 Å². The van der Waals surface area contributed by atoms with E-state index in [1.807, 2.05) is 19.9 Å². The molecule has 0 spiro atoms. The predicted molar refractivity (Wildman–Crippen MR) is 66.3 cm³/mol. The molecule has 94 valence electrons. The smallest absolute Gasteiger partial charge is 0.251 e. The summed E-state index contributed by atoms with van der Waals surface area (Å²) in [6.45, 7) is 4.33. The molecular formula is C13H19NO3. The van der Waals surface area contributed by atoms with Gasteiger partial charge in [0.05, 0.1) is 7.11 Å². The number of hydrogen-bond acceptors (Lipinski definition) is 3. The summed E-state index contributed by atoms with van der Waals surface area (Å²) in [5.74, 6) is 0.614. The fourth-order valence-electron chi connectivity index (χ4n) is 1.39. The summed E-state index contributed by atoms with van der Waals surface area (Å²) in [4.78, 5) is 11.8. The van der Waals surface area contributed by atoms with Crippen molar-refractivity contribution in [1.29, 1.82) is 0 Å². The Balaban J connectivity index is 2.69. The number of rotatable bonds is 5. The predicted octanol–water partition coefficient (Wildman–Crippen LogP) is 1.36. The van der Waals surface area contributed by atoms with Crippen LogP contribution in [0.2, 0.25) is 0 Å². The summed E-state index contributed by atoms with van der Waals surface area (Å²) >= 11 is 0. The molecule has 4 nitrogen and oxygen atoms in total. The molecule has 2 N–H and O–H groups in total. The monoisotopic (exact) mass is 237 g/mol. The summed E-state index contributed by atoms with van der Waals surface area (Å²) in [6, 6.07) is 5.33. The van der Waals surface area contributed by atoms with E-state index in [1.165, 1.54) is 0 Å². The van der Waals surface area contributed by atoms with Crippen molar-refractivity contribution < 1.29 is 14.6 Å². The summed E-state index contributed by atoms with van der Waals surface area (Å²) in [7, 11) is 1.58. The standard InChI is InChI=1S/C13H19NO3/c1-9(8-15)7-14-13(16)11-5-4-10(2)12(6-11)17-3/h4-6,9,15H,7-8H2,1-3H3,(H,14,16). The van der Waals surface area contributed by atoms with E-state index >= 15 is 0 Å². The van der Waals surface area contributed by atoms with Gasteiger partial charge in [0.2, 0.25) is 0 Å². The highest BCUT2D eigenvalue weighted by atomic mass is 16.5. The third kappa shape index (κ3) is 3.75. The highest BCUT2D eigenvalue weighted by Crippen LogP contribution is 2.18. The Morgan fingerprint density at radius 1 is 1.53 bits per heavy atom. The van der Waals surface area contributed by atoms with Gasteiger partial charge in [-0.3, -0.25) is 4.79 Å². The number of nitrogens with one attached hydrogen (secondary N) is 1. The van der Waals surface area contributed by atoms with Gasteiger partial charge in [-0.1, -0.05) is 13.0 Å². The maximum Gasteiger partial charge on any atom is 0.251 e. The Morgan fingerprint density at radius 3 is 2.82 bits per heavy atom. The van der Waals surface area contributed by atoms with E-state index < -0.39 is 0 Å². The van der Waals surface area contributed by atoms with Crippen LogP contribution in [-0.2, 0) is 0 Å². The highest BCUT2D eigenvalue weighted by Gasteiger charge is 2.09. The van der Waals surface area contributed by atoms with Gasteiger partial charge in [0, 0.05) is 18.7 Å². The van der Waals surface area contributed by atoms with Crippen molar-refractivity contribution in [3.63, 3.8) is 0 Å². The van der Waals surface area contributed by atoms with E-state index in [2.05, 4.69) is 5.32 Å². The van der Waals surface area contributed by atoms with Crippen LogP contribution in [-0.4, -0.2) is 31.3 Å². The molecule has 0 aliphatic carbocycles. The van der Waals surface area contributed by atoms with E-state index in [9.17, 15) is 4.79 Å². The average Bonchev–Trinajstić information content (AvgIpc) is 2.35. The number of methoxy groups -OCH3 is 1. The molecule has 4 heteroatoms. The second kappa shape index (κ2) is 6.25. The third-order valence-electron chi connectivity index (χ3n) is 2.59. The van der Waals surface area contributed by atoms with Gasteiger partial charge in [-0.25, -0.2) is 0 Å². The van der Waals surface area contributed by atoms with Crippen molar-refractivity contribution in [2.75, 3.05) is 20.3 Å². The third-order valence-corrected chi connectivity index (χ3v) is 2.59. The normalized spacial score (nSPS) is 12.0. The quantitative estimate of drug-likeness (QED) is 0.813. The first-order valence-corrected chi connectivity index (χ1v) is 5.62. The molecule has 0 heterocycles. The van der Waals surface area contributed by atoms with Gasteiger partial charge in [0.15, 0.2) is 0 Å². The fraction of sp³-hybridized carbons (Fsp3) is 0.462. The summed E-state index contributed by atoms with van der Waals surface area (Å²) in [5, 5.41) is 11.6. The van der Waals surface area contributed by atoms with Gasteiger partial charge in [0.1, 0.15) is 5.75 Å². The van der Waals surface area contributed by atoms with Crippen LogP contribution in [0.1, 0.15) is 22.8 Å². The molecule has 1 rings (SSSR count). The minimum Gasteiger partial charge on any atom is -0.496 e. The van der Waals surface area contributed by atoms with E-state index in [-0.39, 0.29) is 18.4 Å². The van der Waals surface area contributed by atoms with Crippen molar-refractivity contribution >= 4 is 5.91 Å². The molecule has 1 aromatic rings. The van der Waals surface area contributed by atoms with Crippen LogP contribution < -0.4 is 10.1 Å². The first-order valence-electron chi connectivity index (χ1n) is 5.62. The number of amides is 1. The minimum absolute atomic E-state index is 0.0614. The van der Waals surface area contributed by atoms with Crippen LogP contribution in [0, 0.1) is 12.8 Å². The number of carbonyl (C=O) groups excluding carboxylic acids is 1. The Kier molecular flexibility index (Phi) is 4.97. The summed E-state index contributed by atoms with van der Waals surface area (Å²) in [6.07, 6.45) is 0. The zero-order chi connectivity index (χ0) is 12.8. The van der Waals surface area contributed by atoms with Gasteiger partial charge in [0.25, 0.3) is 5.91 Å². The zero-order valence-electron chi connectivity index (χ0n) is 10.5. The number of benzene rings is 1. The lowest BCUT2D eigenvalue weighted by atomic mass is 10.1. The van der Waals surface area contributed by atoms with E-state index in [1.54, 1.807) is 19.2 Å². The van der Waals surface area contributed by atoms with Crippen molar-refractivity contribution in [2.45, 2.75) is 13.8 Å².